The second kappa shape index (κ2) is 6.80. The summed E-state index contributed by atoms with van der Waals surface area (Å²) >= 11 is 0. The van der Waals surface area contributed by atoms with Crippen LogP contribution in [0.25, 0.3) is 0 Å². The van der Waals surface area contributed by atoms with E-state index in [1.54, 1.807) is 6.07 Å². The molecule has 0 aliphatic heterocycles. The van der Waals surface area contributed by atoms with Crippen molar-refractivity contribution in [3.63, 3.8) is 0 Å². The molecule has 5 nitrogen and oxygen atoms in total. The Labute approximate surface area is 126 Å². The number of carbonyl (C=O) groups is 1. The van der Waals surface area contributed by atoms with Gasteiger partial charge in [-0.15, -0.1) is 0 Å². The lowest BCUT2D eigenvalue weighted by molar-refractivity contribution is 0.132. The summed E-state index contributed by atoms with van der Waals surface area (Å²) in [6.07, 6.45) is 0.487. The maximum Gasteiger partial charge on any atom is 0.319 e. The fourth-order valence-corrected chi connectivity index (χ4v) is 1.79. The normalized spacial score (nSPS) is 11.9. The van der Waals surface area contributed by atoms with Gasteiger partial charge in [0, 0.05) is 12.1 Å². The van der Waals surface area contributed by atoms with Gasteiger partial charge in [-0.05, 0) is 53.2 Å². The van der Waals surface area contributed by atoms with Crippen molar-refractivity contribution >= 4 is 11.7 Å². The summed E-state index contributed by atoms with van der Waals surface area (Å²) in [5.41, 5.74) is -0.201. The van der Waals surface area contributed by atoms with Crippen molar-refractivity contribution in [2.75, 3.05) is 11.9 Å². The number of carbonyl (C=O) groups excluding carboxylic acids is 1. The van der Waals surface area contributed by atoms with Crippen LogP contribution in [0.4, 0.5) is 10.5 Å². The predicted octanol–water partition coefficient (Wildman–Crippen LogP) is 3.15. The van der Waals surface area contributed by atoms with Crippen molar-refractivity contribution in [3.05, 3.63) is 24.3 Å². The van der Waals surface area contributed by atoms with Crippen LogP contribution in [-0.2, 0) is 0 Å². The Balaban J connectivity index is 2.77. The number of nitrogens with one attached hydrogen (secondary N) is 2. The standard InChI is InChI=1S/C16H26N2O3/c1-15(2,3)21-13-9-7-6-8-12(13)17-14(20)18-16(4,5)10-11-19/h6-9,19H,10-11H2,1-5H3,(H2,17,18,20). The predicted molar refractivity (Wildman–Crippen MR) is 84.8 cm³/mol. The van der Waals surface area contributed by atoms with Crippen molar-refractivity contribution in [2.24, 2.45) is 0 Å². The van der Waals surface area contributed by atoms with Crippen LogP contribution in [0.5, 0.6) is 5.75 Å². The summed E-state index contributed by atoms with van der Waals surface area (Å²) in [6.45, 7) is 9.61. The number of hydrogen-bond donors (Lipinski definition) is 3. The van der Waals surface area contributed by atoms with Gasteiger partial charge in [0.1, 0.15) is 11.4 Å². The summed E-state index contributed by atoms with van der Waals surface area (Å²) in [7, 11) is 0. The first kappa shape index (κ1) is 17.3. The highest BCUT2D eigenvalue weighted by Crippen LogP contribution is 2.27. The molecule has 3 N–H and O–H groups in total. The molecular formula is C16H26N2O3. The van der Waals surface area contributed by atoms with Gasteiger partial charge in [0.2, 0.25) is 0 Å². The minimum Gasteiger partial charge on any atom is -0.486 e. The van der Waals surface area contributed by atoms with Crippen LogP contribution in [0.2, 0.25) is 0 Å². The maximum atomic E-state index is 12.1. The van der Waals surface area contributed by atoms with Gasteiger partial charge in [0.05, 0.1) is 5.69 Å². The minimum absolute atomic E-state index is 0.0248. The van der Waals surface area contributed by atoms with Gasteiger partial charge in [0.15, 0.2) is 0 Å². The van der Waals surface area contributed by atoms with Gasteiger partial charge >= 0.3 is 6.03 Å². The topological polar surface area (TPSA) is 70.6 Å². The number of ether oxygens (including phenoxy) is 1. The number of para-hydroxylation sites is 2. The Morgan fingerprint density at radius 3 is 2.38 bits per heavy atom. The van der Waals surface area contributed by atoms with Gasteiger partial charge in [-0.25, -0.2) is 4.79 Å². The zero-order valence-corrected chi connectivity index (χ0v) is 13.5. The molecule has 0 fully saturated rings. The zero-order valence-electron chi connectivity index (χ0n) is 13.5. The number of aliphatic hydroxyl groups is 1. The number of amides is 2. The summed E-state index contributed by atoms with van der Waals surface area (Å²) in [6, 6.07) is 6.99. The molecule has 0 aromatic heterocycles. The monoisotopic (exact) mass is 294 g/mol. The van der Waals surface area contributed by atoms with Crippen LogP contribution >= 0.6 is 0 Å². The third kappa shape index (κ3) is 6.49. The van der Waals surface area contributed by atoms with Gasteiger partial charge in [0.25, 0.3) is 0 Å². The minimum atomic E-state index is -0.474. The average Bonchev–Trinajstić information content (AvgIpc) is 2.28. The van der Waals surface area contributed by atoms with E-state index in [0.717, 1.165) is 0 Å². The van der Waals surface area contributed by atoms with E-state index in [-0.39, 0.29) is 18.2 Å². The molecule has 1 aromatic carbocycles. The molecule has 0 spiro atoms. The van der Waals surface area contributed by atoms with E-state index >= 15 is 0 Å². The highest BCUT2D eigenvalue weighted by Gasteiger charge is 2.21. The fraction of sp³-hybridized carbons (Fsp3) is 0.562. The molecule has 0 aliphatic carbocycles. The number of anilines is 1. The highest BCUT2D eigenvalue weighted by atomic mass is 16.5. The lowest BCUT2D eigenvalue weighted by Gasteiger charge is -2.27. The number of aliphatic hydroxyl groups excluding tert-OH is 1. The highest BCUT2D eigenvalue weighted by molar-refractivity contribution is 5.91. The largest absolute Gasteiger partial charge is 0.486 e. The molecule has 2 amide bonds. The molecule has 0 unspecified atom stereocenters. The third-order valence-corrected chi connectivity index (χ3v) is 2.74. The zero-order chi connectivity index (χ0) is 16.1. The molecular weight excluding hydrogens is 268 g/mol. The first-order chi connectivity index (χ1) is 9.63. The number of benzene rings is 1. The molecule has 0 bridgehead atoms. The average molecular weight is 294 g/mol. The van der Waals surface area contributed by atoms with E-state index in [2.05, 4.69) is 10.6 Å². The first-order valence-corrected chi connectivity index (χ1v) is 7.11. The molecule has 0 aliphatic rings. The molecule has 0 atom stereocenters. The van der Waals surface area contributed by atoms with E-state index in [1.165, 1.54) is 0 Å². The second-order valence-electron chi connectivity index (χ2n) is 6.65. The van der Waals surface area contributed by atoms with Gasteiger partial charge in [-0.3, -0.25) is 0 Å². The van der Waals surface area contributed by atoms with Gasteiger partial charge in [-0.2, -0.15) is 0 Å². The fourth-order valence-electron chi connectivity index (χ4n) is 1.79. The Kier molecular flexibility index (Phi) is 5.61. The number of rotatable bonds is 5. The lowest BCUT2D eigenvalue weighted by Crippen LogP contribution is -2.46. The Morgan fingerprint density at radius 2 is 1.81 bits per heavy atom. The van der Waals surface area contributed by atoms with Crippen molar-refractivity contribution < 1.29 is 14.6 Å². The Bertz CT molecular complexity index is 479. The van der Waals surface area contributed by atoms with Crippen LogP contribution in [0, 0.1) is 0 Å². The van der Waals surface area contributed by atoms with E-state index in [1.807, 2.05) is 52.8 Å². The Hall–Kier alpha value is -1.75. The summed E-state index contributed by atoms with van der Waals surface area (Å²) in [4.78, 5) is 12.1. The van der Waals surface area contributed by atoms with E-state index in [0.29, 0.717) is 17.9 Å². The molecule has 118 valence electrons. The molecule has 5 heteroatoms. The number of urea groups is 1. The van der Waals surface area contributed by atoms with Crippen LogP contribution in [0.3, 0.4) is 0 Å². The van der Waals surface area contributed by atoms with Crippen LogP contribution in [0.1, 0.15) is 41.0 Å². The summed E-state index contributed by atoms with van der Waals surface area (Å²) in [5, 5.41) is 14.6. The lowest BCUT2D eigenvalue weighted by atomic mass is 10.0. The Morgan fingerprint density at radius 1 is 1.19 bits per heavy atom. The molecule has 0 heterocycles. The summed E-state index contributed by atoms with van der Waals surface area (Å²) in [5.74, 6) is 0.625. The van der Waals surface area contributed by atoms with Crippen LogP contribution in [0.15, 0.2) is 24.3 Å². The first-order valence-electron chi connectivity index (χ1n) is 7.11. The second-order valence-corrected chi connectivity index (χ2v) is 6.65. The van der Waals surface area contributed by atoms with Crippen LogP contribution in [-0.4, -0.2) is 28.9 Å². The molecule has 1 aromatic rings. The van der Waals surface area contributed by atoms with E-state index in [4.69, 9.17) is 9.84 Å². The number of hydrogen-bond acceptors (Lipinski definition) is 3. The van der Waals surface area contributed by atoms with Crippen LogP contribution < -0.4 is 15.4 Å². The van der Waals surface area contributed by atoms with Crippen molar-refractivity contribution in [1.82, 2.24) is 5.32 Å². The van der Waals surface area contributed by atoms with E-state index in [9.17, 15) is 4.79 Å². The molecule has 0 saturated heterocycles. The van der Waals surface area contributed by atoms with Crippen molar-refractivity contribution in [1.29, 1.82) is 0 Å². The van der Waals surface area contributed by atoms with E-state index < -0.39 is 5.54 Å². The van der Waals surface area contributed by atoms with Crippen molar-refractivity contribution in [3.8, 4) is 5.75 Å². The molecule has 0 saturated carbocycles. The quantitative estimate of drug-likeness (QED) is 0.781. The summed E-state index contributed by atoms with van der Waals surface area (Å²) < 4.78 is 5.83. The van der Waals surface area contributed by atoms with Crippen molar-refractivity contribution in [2.45, 2.75) is 52.2 Å². The third-order valence-electron chi connectivity index (χ3n) is 2.74. The molecule has 21 heavy (non-hydrogen) atoms. The molecule has 1 rings (SSSR count). The smallest absolute Gasteiger partial charge is 0.319 e. The SMILES string of the molecule is CC(C)(CCO)NC(=O)Nc1ccccc1OC(C)(C)C. The maximum absolute atomic E-state index is 12.1. The van der Waals surface area contributed by atoms with Gasteiger partial charge < -0.3 is 20.5 Å². The molecule has 0 radical (unpaired) electrons. The van der Waals surface area contributed by atoms with Gasteiger partial charge in [-0.1, -0.05) is 12.1 Å².